The molecule has 2 saturated heterocycles. The van der Waals surface area contributed by atoms with Crippen LogP contribution in [0.4, 0.5) is 10.6 Å². The van der Waals surface area contributed by atoms with E-state index in [0.29, 0.717) is 56.4 Å². The average molecular weight is 391 g/mol. The standard InChI is InChI=1S/C19H29N5O4/c1-3-27-19(26)24-8-6-14(7-9-24)23-18(25)16-11-17(22-13(2)21-16)20-12-15-5-4-10-28-15/h11,14-15H,3-10,12H2,1-2H3,(H,23,25)(H,20,21,22). The van der Waals surface area contributed by atoms with Gasteiger partial charge in [-0.15, -0.1) is 0 Å². The zero-order valence-corrected chi connectivity index (χ0v) is 16.6. The van der Waals surface area contributed by atoms with Gasteiger partial charge < -0.3 is 25.0 Å². The van der Waals surface area contributed by atoms with Gasteiger partial charge in [0, 0.05) is 38.3 Å². The molecule has 154 valence electrons. The van der Waals surface area contributed by atoms with Gasteiger partial charge in [0.1, 0.15) is 17.3 Å². The van der Waals surface area contributed by atoms with Crippen molar-refractivity contribution in [1.29, 1.82) is 0 Å². The third-order valence-electron chi connectivity index (χ3n) is 4.96. The number of carbonyl (C=O) groups excluding carboxylic acids is 2. The largest absolute Gasteiger partial charge is 0.450 e. The Kier molecular flexibility index (Phi) is 7.02. The van der Waals surface area contributed by atoms with Gasteiger partial charge in [-0.3, -0.25) is 4.79 Å². The minimum absolute atomic E-state index is 0.0109. The van der Waals surface area contributed by atoms with Gasteiger partial charge in [0.2, 0.25) is 0 Å². The van der Waals surface area contributed by atoms with Gasteiger partial charge in [-0.1, -0.05) is 0 Å². The second-order valence-corrected chi connectivity index (χ2v) is 7.14. The highest BCUT2D eigenvalue weighted by Crippen LogP contribution is 2.15. The van der Waals surface area contributed by atoms with Gasteiger partial charge in [-0.2, -0.15) is 0 Å². The summed E-state index contributed by atoms with van der Waals surface area (Å²) >= 11 is 0. The van der Waals surface area contributed by atoms with E-state index in [2.05, 4.69) is 20.6 Å². The third kappa shape index (κ3) is 5.54. The van der Waals surface area contributed by atoms with Crippen LogP contribution in [0.2, 0.25) is 0 Å². The van der Waals surface area contributed by atoms with Crippen LogP contribution in [0.15, 0.2) is 6.07 Å². The summed E-state index contributed by atoms with van der Waals surface area (Å²) in [6, 6.07) is 1.68. The first-order valence-electron chi connectivity index (χ1n) is 9.99. The van der Waals surface area contributed by atoms with E-state index in [-0.39, 0.29) is 24.1 Å². The predicted octanol–water partition coefficient (Wildman–Crippen LogP) is 1.73. The normalized spacial score (nSPS) is 20.1. The first kappa shape index (κ1) is 20.3. The molecule has 2 fully saturated rings. The van der Waals surface area contributed by atoms with E-state index in [9.17, 15) is 9.59 Å². The van der Waals surface area contributed by atoms with Crippen LogP contribution in [-0.4, -0.2) is 71.9 Å². The lowest BCUT2D eigenvalue weighted by Crippen LogP contribution is -2.46. The first-order chi connectivity index (χ1) is 13.5. The average Bonchev–Trinajstić information content (AvgIpc) is 3.20. The summed E-state index contributed by atoms with van der Waals surface area (Å²) in [5.74, 6) is 0.949. The first-order valence-corrected chi connectivity index (χ1v) is 9.99. The summed E-state index contributed by atoms with van der Waals surface area (Å²) in [6.45, 7) is 6.54. The summed E-state index contributed by atoms with van der Waals surface area (Å²) in [7, 11) is 0. The van der Waals surface area contributed by atoms with Crippen molar-refractivity contribution < 1.29 is 19.1 Å². The lowest BCUT2D eigenvalue weighted by molar-refractivity contribution is 0.0856. The van der Waals surface area contributed by atoms with Crippen LogP contribution in [0.5, 0.6) is 0 Å². The van der Waals surface area contributed by atoms with Gasteiger partial charge in [0.25, 0.3) is 5.91 Å². The molecule has 28 heavy (non-hydrogen) atoms. The van der Waals surface area contributed by atoms with Gasteiger partial charge >= 0.3 is 6.09 Å². The highest BCUT2D eigenvalue weighted by Gasteiger charge is 2.25. The molecule has 9 heteroatoms. The van der Waals surface area contributed by atoms with E-state index in [1.807, 2.05) is 0 Å². The SMILES string of the molecule is CCOC(=O)N1CCC(NC(=O)c2cc(NCC3CCCO3)nc(C)n2)CC1. The van der Waals surface area contributed by atoms with Crippen molar-refractivity contribution in [3.05, 3.63) is 17.6 Å². The fourth-order valence-corrected chi connectivity index (χ4v) is 3.48. The quantitative estimate of drug-likeness (QED) is 0.761. The number of nitrogens with one attached hydrogen (secondary N) is 2. The second kappa shape index (κ2) is 9.68. The molecule has 0 aliphatic carbocycles. The molecule has 1 unspecified atom stereocenters. The Morgan fingerprint density at radius 2 is 2.07 bits per heavy atom. The van der Waals surface area contributed by atoms with Crippen LogP contribution in [-0.2, 0) is 9.47 Å². The van der Waals surface area contributed by atoms with Gasteiger partial charge in [0.15, 0.2) is 0 Å². The topological polar surface area (TPSA) is 106 Å². The van der Waals surface area contributed by atoms with Gasteiger partial charge in [-0.05, 0) is 39.5 Å². The molecule has 1 aromatic heterocycles. The van der Waals surface area contributed by atoms with Crippen molar-refractivity contribution in [3.8, 4) is 0 Å². The number of rotatable bonds is 6. The summed E-state index contributed by atoms with van der Waals surface area (Å²) in [4.78, 5) is 34.7. The molecule has 3 rings (SSSR count). The fraction of sp³-hybridized carbons (Fsp3) is 0.684. The number of anilines is 1. The van der Waals surface area contributed by atoms with E-state index in [4.69, 9.17) is 9.47 Å². The predicted molar refractivity (Wildman–Crippen MR) is 103 cm³/mol. The van der Waals surface area contributed by atoms with E-state index in [1.165, 1.54) is 0 Å². The molecular formula is C19H29N5O4. The number of carbonyl (C=O) groups is 2. The van der Waals surface area contributed by atoms with Crippen molar-refractivity contribution in [2.75, 3.05) is 38.2 Å². The number of amides is 2. The highest BCUT2D eigenvalue weighted by molar-refractivity contribution is 5.93. The maximum Gasteiger partial charge on any atom is 0.409 e. The zero-order valence-electron chi connectivity index (χ0n) is 16.6. The molecule has 9 nitrogen and oxygen atoms in total. The smallest absolute Gasteiger partial charge is 0.409 e. The number of nitrogens with zero attached hydrogens (tertiary/aromatic N) is 3. The molecule has 0 bridgehead atoms. The minimum Gasteiger partial charge on any atom is -0.450 e. The number of hydrogen-bond acceptors (Lipinski definition) is 7. The summed E-state index contributed by atoms with van der Waals surface area (Å²) in [5.41, 5.74) is 0.343. The molecule has 2 aliphatic heterocycles. The number of piperidine rings is 1. The van der Waals surface area contributed by atoms with Crippen LogP contribution in [0.25, 0.3) is 0 Å². The molecule has 2 amide bonds. The number of ether oxygens (including phenoxy) is 2. The highest BCUT2D eigenvalue weighted by atomic mass is 16.6. The Bertz CT molecular complexity index is 685. The van der Waals surface area contributed by atoms with Crippen LogP contribution in [0.1, 0.15) is 48.9 Å². The summed E-state index contributed by atoms with van der Waals surface area (Å²) in [5, 5.41) is 6.26. The van der Waals surface area contributed by atoms with E-state index in [1.54, 1.807) is 24.8 Å². The van der Waals surface area contributed by atoms with Crippen molar-refractivity contribution in [2.45, 2.75) is 51.7 Å². The molecule has 0 spiro atoms. The Labute approximate surface area is 165 Å². The number of hydrogen-bond donors (Lipinski definition) is 2. The number of aromatic nitrogens is 2. The van der Waals surface area contributed by atoms with Crippen molar-refractivity contribution in [2.24, 2.45) is 0 Å². The third-order valence-corrected chi connectivity index (χ3v) is 4.96. The second-order valence-electron chi connectivity index (χ2n) is 7.14. The Balaban J connectivity index is 1.52. The molecule has 1 aromatic rings. The van der Waals surface area contributed by atoms with Gasteiger partial charge in [0.05, 0.1) is 12.7 Å². The molecule has 3 heterocycles. The lowest BCUT2D eigenvalue weighted by atomic mass is 10.1. The van der Waals surface area contributed by atoms with Crippen molar-refractivity contribution in [3.63, 3.8) is 0 Å². The fourth-order valence-electron chi connectivity index (χ4n) is 3.48. The number of likely N-dealkylation sites (tertiary alicyclic amines) is 1. The minimum atomic E-state index is -0.291. The molecule has 1 atom stereocenters. The van der Waals surface area contributed by atoms with E-state index < -0.39 is 0 Å². The van der Waals surface area contributed by atoms with Gasteiger partial charge in [-0.25, -0.2) is 14.8 Å². The maximum atomic E-state index is 12.6. The lowest BCUT2D eigenvalue weighted by Gasteiger charge is -2.31. The Morgan fingerprint density at radius 1 is 1.29 bits per heavy atom. The van der Waals surface area contributed by atoms with Crippen molar-refractivity contribution >= 4 is 17.8 Å². The van der Waals surface area contributed by atoms with Crippen LogP contribution in [0, 0.1) is 6.92 Å². The van der Waals surface area contributed by atoms with Crippen LogP contribution < -0.4 is 10.6 Å². The summed E-state index contributed by atoms with van der Waals surface area (Å²) < 4.78 is 10.6. The van der Waals surface area contributed by atoms with Crippen molar-refractivity contribution in [1.82, 2.24) is 20.2 Å². The molecule has 0 aromatic carbocycles. The molecule has 2 aliphatic rings. The molecule has 0 saturated carbocycles. The Hall–Kier alpha value is -2.42. The molecule has 2 N–H and O–H groups in total. The maximum absolute atomic E-state index is 12.6. The molecular weight excluding hydrogens is 362 g/mol. The van der Waals surface area contributed by atoms with Crippen LogP contribution >= 0.6 is 0 Å². The van der Waals surface area contributed by atoms with E-state index in [0.717, 1.165) is 19.4 Å². The zero-order chi connectivity index (χ0) is 19.9. The molecule has 0 radical (unpaired) electrons. The monoisotopic (exact) mass is 391 g/mol. The van der Waals surface area contributed by atoms with E-state index >= 15 is 0 Å². The van der Waals surface area contributed by atoms with Crippen LogP contribution in [0.3, 0.4) is 0 Å². The summed E-state index contributed by atoms with van der Waals surface area (Å²) in [6.07, 6.45) is 3.40. The Morgan fingerprint density at radius 3 is 2.75 bits per heavy atom. The number of aryl methyl sites for hydroxylation is 1.